The Morgan fingerprint density at radius 3 is 2.41 bits per heavy atom. The average Bonchev–Trinajstić information content (AvgIpc) is 2.33. The highest BCUT2D eigenvalue weighted by Gasteiger charge is 2.08. The Balaban J connectivity index is 1.96. The molecule has 1 aromatic carbocycles. The fourth-order valence-electron chi connectivity index (χ4n) is 1.44. The van der Waals surface area contributed by atoms with E-state index in [-0.39, 0.29) is 5.91 Å². The molecule has 1 aromatic heterocycles. The van der Waals surface area contributed by atoms with E-state index < -0.39 is 0 Å². The normalized spacial score (nSPS) is 9.94. The lowest BCUT2D eigenvalue weighted by atomic mass is 10.3. The third-order valence-electron chi connectivity index (χ3n) is 2.23. The number of carbonyl (C=O) groups excluding carboxylic acids is 1. The van der Waals surface area contributed by atoms with Gasteiger partial charge in [-0.15, -0.1) is 0 Å². The summed E-state index contributed by atoms with van der Waals surface area (Å²) in [6, 6.07) is 13.2. The molecule has 17 heavy (non-hydrogen) atoms. The first kappa shape index (κ1) is 11.8. The van der Waals surface area contributed by atoms with Crippen LogP contribution in [0.2, 0.25) is 0 Å². The van der Waals surface area contributed by atoms with E-state index in [4.69, 9.17) is 0 Å². The fourth-order valence-corrected chi connectivity index (χ4v) is 1.70. The summed E-state index contributed by atoms with van der Waals surface area (Å²) < 4.78 is 2.82. The van der Waals surface area contributed by atoms with E-state index in [0.717, 1.165) is 10.2 Å². The molecule has 4 heteroatoms. The predicted octanol–water partition coefficient (Wildman–Crippen LogP) is 2.38. The highest BCUT2D eigenvalue weighted by Crippen LogP contribution is 2.13. The van der Waals surface area contributed by atoms with Crippen LogP contribution < -0.4 is 9.88 Å². The standard InChI is InChI=1S/C13H11BrN2O/c14-11-4-6-12(7-5-11)15-13(17)10-16-8-2-1-3-9-16/h1-9H,10H2/p+1. The number of aromatic nitrogens is 1. The first-order valence-corrected chi connectivity index (χ1v) is 6.03. The van der Waals surface area contributed by atoms with Gasteiger partial charge in [-0.25, -0.2) is 0 Å². The lowest BCUT2D eigenvalue weighted by Crippen LogP contribution is -2.39. The molecule has 0 saturated carbocycles. The molecule has 2 aromatic rings. The molecule has 0 unspecified atom stereocenters. The summed E-state index contributed by atoms with van der Waals surface area (Å²) in [5, 5.41) is 2.84. The third-order valence-corrected chi connectivity index (χ3v) is 2.76. The van der Waals surface area contributed by atoms with Crippen LogP contribution in [0.15, 0.2) is 59.3 Å². The zero-order valence-electron chi connectivity index (χ0n) is 9.14. The van der Waals surface area contributed by atoms with Crippen molar-refractivity contribution in [3.05, 3.63) is 59.3 Å². The molecule has 0 radical (unpaired) electrons. The van der Waals surface area contributed by atoms with Crippen molar-refractivity contribution in [2.45, 2.75) is 6.54 Å². The number of halogens is 1. The van der Waals surface area contributed by atoms with Gasteiger partial charge < -0.3 is 5.32 Å². The Kier molecular flexibility index (Phi) is 3.88. The zero-order chi connectivity index (χ0) is 12.1. The van der Waals surface area contributed by atoms with Crippen LogP contribution in [-0.4, -0.2) is 5.91 Å². The number of hydrogen-bond acceptors (Lipinski definition) is 1. The van der Waals surface area contributed by atoms with E-state index in [9.17, 15) is 4.79 Å². The number of benzene rings is 1. The van der Waals surface area contributed by atoms with Crippen molar-refractivity contribution in [2.75, 3.05) is 5.32 Å². The van der Waals surface area contributed by atoms with E-state index >= 15 is 0 Å². The Labute approximate surface area is 108 Å². The number of rotatable bonds is 3. The molecule has 0 spiro atoms. The largest absolute Gasteiger partial charge is 0.321 e. The van der Waals surface area contributed by atoms with Crippen molar-refractivity contribution in [3.8, 4) is 0 Å². The quantitative estimate of drug-likeness (QED) is 0.866. The van der Waals surface area contributed by atoms with Crippen LogP contribution in [0.3, 0.4) is 0 Å². The molecule has 0 fully saturated rings. The van der Waals surface area contributed by atoms with Gasteiger partial charge in [0.25, 0.3) is 5.91 Å². The topological polar surface area (TPSA) is 33.0 Å². The van der Waals surface area contributed by atoms with Crippen molar-refractivity contribution < 1.29 is 9.36 Å². The van der Waals surface area contributed by atoms with Crippen LogP contribution >= 0.6 is 15.9 Å². The minimum Gasteiger partial charge on any atom is -0.321 e. The van der Waals surface area contributed by atoms with Crippen molar-refractivity contribution in [1.82, 2.24) is 0 Å². The van der Waals surface area contributed by atoms with Gasteiger partial charge in [0, 0.05) is 22.3 Å². The van der Waals surface area contributed by atoms with E-state index in [1.807, 2.05) is 59.4 Å². The van der Waals surface area contributed by atoms with E-state index in [2.05, 4.69) is 21.2 Å². The monoisotopic (exact) mass is 291 g/mol. The molecule has 86 valence electrons. The summed E-state index contributed by atoms with van der Waals surface area (Å²) in [4.78, 5) is 11.7. The van der Waals surface area contributed by atoms with Gasteiger partial charge in [-0.2, -0.15) is 4.57 Å². The van der Waals surface area contributed by atoms with Gasteiger partial charge >= 0.3 is 0 Å². The van der Waals surface area contributed by atoms with Gasteiger partial charge in [-0.1, -0.05) is 22.0 Å². The Hall–Kier alpha value is -1.68. The average molecular weight is 292 g/mol. The Morgan fingerprint density at radius 1 is 1.12 bits per heavy atom. The number of anilines is 1. The minimum absolute atomic E-state index is 0.0384. The van der Waals surface area contributed by atoms with Crippen molar-refractivity contribution in [2.24, 2.45) is 0 Å². The van der Waals surface area contributed by atoms with Gasteiger partial charge in [-0.05, 0) is 24.3 Å². The number of amides is 1. The molecule has 0 saturated heterocycles. The van der Waals surface area contributed by atoms with E-state index in [1.165, 1.54) is 0 Å². The van der Waals surface area contributed by atoms with Crippen LogP contribution in [0.4, 0.5) is 5.69 Å². The first-order chi connectivity index (χ1) is 8.24. The highest BCUT2D eigenvalue weighted by atomic mass is 79.9. The van der Waals surface area contributed by atoms with Crippen LogP contribution in [0.25, 0.3) is 0 Å². The van der Waals surface area contributed by atoms with Crippen LogP contribution in [0.1, 0.15) is 0 Å². The van der Waals surface area contributed by atoms with Crippen LogP contribution in [0.5, 0.6) is 0 Å². The second-order valence-electron chi connectivity index (χ2n) is 3.60. The van der Waals surface area contributed by atoms with Crippen molar-refractivity contribution in [1.29, 1.82) is 0 Å². The molecule has 1 heterocycles. The summed E-state index contributed by atoms with van der Waals surface area (Å²) >= 11 is 3.35. The van der Waals surface area contributed by atoms with Crippen LogP contribution in [-0.2, 0) is 11.3 Å². The summed E-state index contributed by atoms with van der Waals surface area (Å²) in [7, 11) is 0. The van der Waals surface area contributed by atoms with Gasteiger partial charge in [0.2, 0.25) is 6.54 Å². The molecule has 1 N–H and O–H groups in total. The number of pyridine rings is 1. The summed E-state index contributed by atoms with van der Waals surface area (Å²) in [5.74, 6) is -0.0384. The highest BCUT2D eigenvalue weighted by molar-refractivity contribution is 9.10. The van der Waals surface area contributed by atoms with Gasteiger partial charge in [-0.3, -0.25) is 4.79 Å². The summed E-state index contributed by atoms with van der Waals surface area (Å²) in [6.45, 7) is 0.316. The van der Waals surface area contributed by atoms with Crippen LogP contribution in [0, 0.1) is 0 Å². The first-order valence-electron chi connectivity index (χ1n) is 5.23. The minimum atomic E-state index is -0.0384. The predicted molar refractivity (Wildman–Crippen MR) is 69.4 cm³/mol. The Morgan fingerprint density at radius 2 is 1.76 bits per heavy atom. The molecule has 0 atom stereocenters. The zero-order valence-corrected chi connectivity index (χ0v) is 10.7. The number of carbonyl (C=O) groups is 1. The molecular formula is C13H12BrN2O+. The lowest BCUT2D eigenvalue weighted by Gasteiger charge is -2.02. The molecule has 0 bridgehead atoms. The summed E-state index contributed by atoms with van der Waals surface area (Å²) in [6.07, 6.45) is 3.72. The Bertz CT molecular complexity index is 497. The number of hydrogen-bond donors (Lipinski definition) is 1. The second-order valence-corrected chi connectivity index (χ2v) is 4.52. The molecule has 0 aliphatic rings. The maximum atomic E-state index is 11.7. The fraction of sp³-hybridized carbons (Fsp3) is 0.0769. The maximum Gasteiger partial charge on any atom is 0.290 e. The number of nitrogens with zero attached hydrogens (tertiary/aromatic N) is 1. The molecule has 0 aliphatic heterocycles. The van der Waals surface area contributed by atoms with E-state index in [0.29, 0.717) is 6.54 Å². The molecule has 1 amide bonds. The molecule has 0 aliphatic carbocycles. The van der Waals surface area contributed by atoms with Crippen molar-refractivity contribution >= 4 is 27.5 Å². The van der Waals surface area contributed by atoms with Gasteiger partial charge in [0.1, 0.15) is 0 Å². The summed E-state index contributed by atoms with van der Waals surface area (Å²) in [5.41, 5.74) is 0.801. The maximum absolute atomic E-state index is 11.7. The SMILES string of the molecule is O=C(C[n+]1ccccc1)Nc1ccc(Br)cc1. The van der Waals surface area contributed by atoms with E-state index in [1.54, 1.807) is 0 Å². The second kappa shape index (κ2) is 5.59. The number of nitrogens with one attached hydrogen (secondary N) is 1. The van der Waals surface area contributed by atoms with Crippen molar-refractivity contribution in [3.63, 3.8) is 0 Å². The molecular weight excluding hydrogens is 280 g/mol. The molecule has 3 nitrogen and oxygen atoms in total. The van der Waals surface area contributed by atoms with Gasteiger partial charge in [0.15, 0.2) is 12.4 Å². The third kappa shape index (κ3) is 3.67. The smallest absolute Gasteiger partial charge is 0.290 e. The lowest BCUT2D eigenvalue weighted by molar-refractivity contribution is -0.684. The van der Waals surface area contributed by atoms with Gasteiger partial charge in [0.05, 0.1) is 0 Å². The molecule has 2 rings (SSSR count).